The van der Waals surface area contributed by atoms with Crippen molar-refractivity contribution in [2.75, 3.05) is 40.5 Å². The molecule has 0 aliphatic carbocycles. The lowest BCUT2D eigenvalue weighted by molar-refractivity contribution is 0.0168. The molecule has 1 unspecified atom stereocenters. The second-order valence-corrected chi connectivity index (χ2v) is 5.59. The van der Waals surface area contributed by atoms with Gasteiger partial charge in [-0.25, -0.2) is 4.98 Å². The fraction of sp³-hybridized carbons (Fsp3) is 0.647. The fourth-order valence-corrected chi connectivity index (χ4v) is 2.44. The van der Waals surface area contributed by atoms with Crippen molar-refractivity contribution in [3.05, 3.63) is 23.9 Å². The number of nitrogens with zero attached hydrogens (tertiary/aromatic N) is 2. The van der Waals surface area contributed by atoms with Crippen LogP contribution in [0.4, 0.5) is 0 Å². The van der Waals surface area contributed by atoms with Crippen LogP contribution in [0, 0.1) is 0 Å². The number of pyridine rings is 1. The molecule has 1 fully saturated rings. The minimum Gasteiger partial charge on any atom is -0.481 e. The molecular weight excluding hydrogens is 435 g/mol. The Morgan fingerprint density at radius 2 is 2.28 bits per heavy atom. The number of aromatic nitrogens is 1. The molecule has 2 N–H and O–H groups in total. The van der Waals surface area contributed by atoms with Gasteiger partial charge in [-0.15, -0.1) is 24.0 Å². The van der Waals surface area contributed by atoms with Crippen molar-refractivity contribution in [2.45, 2.75) is 31.9 Å². The van der Waals surface area contributed by atoms with Gasteiger partial charge < -0.3 is 24.8 Å². The van der Waals surface area contributed by atoms with Crippen LogP contribution in [0.1, 0.15) is 25.0 Å². The van der Waals surface area contributed by atoms with Gasteiger partial charge in [-0.3, -0.25) is 4.99 Å². The number of hydrogen-bond donors (Lipinski definition) is 2. The molecule has 1 aromatic heterocycles. The zero-order chi connectivity index (χ0) is 17.0. The maximum Gasteiger partial charge on any atom is 0.213 e. The highest BCUT2D eigenvalue weighted by atomic mass is 127. The molecule has 0 spiro atoms. The number of hydrogen-bond acceptors (Lipinski definition) is 5. The zero-order valence-corrected chi connectivity index (χ0v) is 17.3. The molecule has 0 amide bonds. The van der Waals surface area contributed by atoms with Crippen molar-refractivity contribution in [1.82, 2.24) is 15.6 Å². The second-order valence-electron chi connectivity index (χ2n) is 5.59. The summed E-state index contributed by atoms with van der Waals surface area (Å²) >= 11 is 0. The van der Waals surface area contributed by atoms with Gasteiger partial charge in [-0.05, 0) is 25.3 Å². The minimum absolute atomic E-state index is 0. The minimum atomic E-state index is 0. The van der Waals surface area contributed by atoms with Gasteiger partial charge >= 0.3 is 0 Å². The Hall–Kier alpha value is -1.13. The summed E-state index contributed by atoms with van der Waals surface area (Å²) in [5, 5.41) is 6.50. The van der Waals surface area contributed by atoms with Gasteiger partial charge in [0.1, 0.15) is 0 Å². The normalized spacial score (nSPS) is 17.0. The zero-order valence-electron chi connectivity index (χ0n) is 15.0. The van der Waals surface area contributed by atoms with E-state index in [1.54, 1.807) is 14.2 Å². The van der Waals surface area contributed by atoms with Crippen LogP contribution in [0.15, 0.2) is 23.2 Å². The summed E-state index contributed by atoms with van der Waals surface area (Å²) in [6.45, 7) is 3.69. The Bertz CT molecular complexity index is 510. The predicted molar refractivity (Wildman–Crippen MR) is 109 cm³/mol. The first-order chi connectivity index (χ1) is 11.8. The van der Waals surface area contributed by atoms with Crippen LogP contribution < -0.4 is 15.4 Å². The Labute approximate surface area is 167 Å². The van der Waals surface area contributed by atoms with Gasteiger partial charge in [0.05, 0.1) is 32.1 Å². The van der Waals surface area contributed by atoms with E-state index in [0.29, 0.717) is 25.1 Å². The summed E-state index contributed by atoms with van der Waals surface area (Å²) in [6, 6.07) is 5.69. The summed E-state index contributed by atoms with van der Waals surface area (Å²) in [5.41, 5.74) is 0.900. The molecule has 25 heavy (non-hydrogen) atoms. The number of nitrogens with one attached hydrogen (secondary N) is 2. The van der Waals surface area contributed by atoms with Gasteiger partial charge in [0, 0.05) is 32.9 Å². The number of guanidine groups is 1. The van der Waals surface area contributed by atoms with E-state index in [4.69, 9.17) is 14.2 Å². The highest BCUT2D eigenvalue weighted by Crippen LogP contribution is 2.11. The molecule has 0 saturated carbocycles. The maximum absolute atomic E-state index is 5.64. The topological polar surface area (TPSA) is 77.0 Å². The molecule has 0 radical (unpaired) electrons. The van der Waals surface area contributed by atoms with E-state index < -0.39 is 0 Å². The van der Waals surface area contributed by atoms with Crippen molar-refractivity contribution in [2.24, 2.45) is 4.99 Å². The van der Waals surface area contributed by atoms with Crippen LogP contribution in [-0.2, 0) is 16.0 Å². The highest BCUT2D eigenvalue weighted by Gasteiger charge is 2.14. The highest BCUT2D eigenvalue weighted by molar-refractivity contribution is 14.0. The van der Waals surface area contributed by atoms with Gasteiger partial charge in [0.2, 0.25) is 5.88 Å². The Morgan fingerprint density at radius 3 is 3.00 bits per heavy atom. The average molecular weight is 464 g/mol. The standard InChI is InChI=1S/C17H28N4O3.HI/c1-18-17(20-12-14-6-3-8-16(21-14)22-2)19-9-5-10-23-13-15-7-4-11-24-15;/h3,6,8,15H,4-5,7,9-13H2,1-2H3,(H2,18,19,20);1H. The Morgan fingerprint density at radius 1 is 1.40 bits per heavy atom. The number of methoxy groups -OCH3 is 1. The molecule has 2 heterocycles. The molecule has 1 aliphatic rings. The van der Waals surface area contributed by atoms with E-state index in [1.165, 1.54) is 0 Å². The van der Waals surface area contributed by atoms with Gasteiger partial charge in [0.15, 0.2) is 5.96 Å². The Balaban J connectivity index is 0.00000312. The largest absolute Gasteiger partial charge is 0.481 e. The van der Waals surface area contributed by atoms with Crippen LogP contribution in [0.5, 0.6) is 5.88 Å². The van der Waals surface area contributed by atoms with Gasteiger partial charge in [0.25, 0.3) is 0 Å². The first-order valence-corrected chi connectivity index (χ1v) is 8.45. The van der Waals surface area contributed by atoms with Crippen LogP contribution in [-0.4, -0.2) is 57.6 Å². The SMILES string of the molecule is CN=C(NCCCOCC1CCCO1)NCc1cccc(OC)n1.I. The Kier molecular flexibility index (Phi) is 11.5. The molecule has 0 aromatic carbocycles. The summed E-state index contributed by atoms with van der Waals surface area (Å²) in [7, 11) is 3.36. The van der Waals surface area contributed by atoms with E-state index in [1.807, 2.05) is 18.2 Å². The predicted octanol–water partition coefficient (Wildman–Crippen LogP) is 1.96. The molecule has 1 aromatic rings. The summed E-state index contributed by atoms with van der Waals surface area (Å²) in [5.74, 6) is 1.36. The number of rotatable bonds is 9. The molecule has 1 saturated heterocycles. The molecule has 2 rings (SSSR count). The molecule has 7 nitrogen and oxygen atoms in total. The van der Waals surface area contributed by atoms with Crippen molar-refractivity contribution >= 4 is 29.9 Å². The van der Waals surface area contributed by atoms with Gasteiger partial charge in [-0.1, -0.05) is 6.07 Å². The molecule has 0 bridgehead atoms. The first-order valence-electron chi connectivity index (χ1n) is 8.45. The quantitative estimate of drug-likeness (QED) is 0.252. The molecule has 142 valence electrons. The molecule has 1 aliphatic heterocycles. The van der Waals surface area contributed by atoms with Crippen LogP contribution in [0.25, 0.3) is 0 Å². The monoisotopic (exact) mass is 464 g/mol. The second kappa shape index (κ2) is 13.1. The summed E-state index contributed by atoms with van der Waals surface area (Å²) in [6.07, 6.45) is 3.49. The van der Waals surface area contributed by atoms with Crippen molar-refractivity contribution in [3.63, 3.8) is 0 Å². The van der Waals surface area contributed by atoms with Crippen molar-refractivity contribution in [3.8, 4) is 5.88 Å². The van der Waals surface area contributed by atoms with E-state index in [2.05, 4.69) is 20.6 Å². The average Bonchev–Trinajstić information content (AvgIpc) is 3.14. The number of ether oxygens (including phenoxy) is 3. The first kappa shape index (κ1) is 21.9. The summed E-state index contributed by atoms with van der Waals surface area (Å²) in [4.78, 5) is 8.56. The van der Waals surface area contributed by atoms with E-state index in [-0.39, 0.29) is 24.0 Å². The van der Waals surface area contributed by atoms with Crippen molar-refractivity contribution in [1.29, 1.82) is 0 Å². The van der Waals surface area contributed by atoms with E-state index in [9.17, 15) is 0 Å². The van der Waals surface area contributed by atoms with Crippen molar-refractivity contribution < 1.29 is 14.2 Å². The lowest BCUT2D eigenvalue weighted by Gasteiger charge is -2.13. The smallest absolute Gasteiger partial charge is 0.213 e. The number of aliphatic imine (C=N–C) groups is 1. The molecule has 8 heteroatoms. The lowest BCUT2D eigenvalue weighted by atomic mass is 10.2. The van der Waals surface area contributed by atoms with Gasteiger partial charge in [-0.2, -0.15) is 0 Å². The third-order valence-electron chi connectivity index (χ3n) is 3.74. The number of halogens is 1. The third-order valence-corrected chi connectivity index (χ3v) is 3.74. The van der Waals surface area contributed by atoms with Crippen LogP contribution in [0.3, 0.4) is 0 Å². The van der Waals surface area contributed by atoms with E-state index >= 15 is 0 Å². The molecular formula is C17H29IN4O3. The molecule has 1 atom stereocenters. The van der Waals surface area contributed by atoms with Crippen LogP contribution in [0.2, 0.25) is 0 Å². The maximum atomic E-state index is 5.64. The third kappa shape index (κ3) is 8.68. The lowest BCUT2D eigenvalue weighted by Crippen LogP contribution is -2.37. The van der Waals surface area contributed by atoms with Crippen LogP contribution >= 0.6 is 24.0 Å². The fourth-order valence-electron chi connectivity index (χ4n) is 2.44. The van der Waals surface area contributed by atoms with E-state index in [0.717, 1.165) is 50.7 Å². The summed E-state index contributed by atoms with van der Waals surface area (Å²) < 4.78 is 16.3.